The van der Waals surface area contributed by atoms with E-state index >= 15 is 0 Å². The van der Waals surface area contributed by atoms with Gasteiger partial charge in [0.25, 0.3) is 0 Å². The number of hydrogen-bond acceptors (Lipinski definition) is 2. The van der Waals surface area contributed by atoms with Crippen LogP contribution in [0, 0.1) is 6.92 Å². The zero-order valence-electron chi connectivity index (χ0n) is 16.1. The van der Waals surface area contributed by atoms with E-state index in [0.29, 0.717) is 23.2 Å². The van der Waals surface area contributed by atoms with Crippen LogP contribution in [0.5, 0.6) is 5.75 Å². The third-order valence-electron chi connectivity index (χ3n) is 4.86. The number of rotatable bonds is 6. The molecule has 2 nitrogen and oxygen atoms in total. The van der Waals surface area contributed by atoms with Crippen LogP contribution < -0.4 is 10.1 Å². The number of hydrogen-bond donors (Lipinski definition) is 1. The number of ether oxygens (including phenoxy) is 1. The van der Waals surface area contributed by atoms with Gasteiger partial charge < -0.3 is 10.1 Å². The predicted molar refractivity (Wildman–Crippen MR) is 123 cm³/mol. The average Bonchev–Trinajstić information content (AvgIpc) is 2.72. The second kappa shape index (κ2) is 8.77. The molecule has 0 unspecified atom stereocenters. The van der Waals surface area contributed by atoms with Gasteiger partial charge in [-0.05, 0) is 47.5 Å². The second-order valence-corrected chi connectivity index (χ2v) is 7.86. The van der Waals surface area contributed by atoms with Crippen LogP contribution in [-0.4, -0.2) is 0 Å². The average molecular weight is 422 g/mol. The largest absolute Gasteiger partial charge is 0.489 e. The van der Waals surface area contributed by atoms with Crippen LogP contribution in [0.3, 0.4) is 0 Å². The third kappa shape index (κ3) is 4.67. The van der Waals surface area contributed by atoms with Crippen molar-refractivity contribution in [2.45, 2.75) is 20.1 Å². The van der Waals surface area contributed by atoms with Crippen LogP contribution in [0.4, 0.5) is 5.69 Å². The summed E-state index contributed by atoms with van der Waals surface area (Å²) in [6.45, 7) is 3.20. The maximum Gasteiger partial charge on any atom is 0.125 e. The molecule has 0 aliphatic carbocycles. The fraction of sp³-hybridized carbons (Fsp3) is 0.120. The molecule has 0 fully saturated rings. The van der Waals surface area contributed by atoms with E-state index in [-0.39, 0.29) is 0 Å². The van der Waals surface area contributed by atoms with E-state index in [4.69, 9.17) is 27.9 Å². The Morgan fingerprint density at radius 1 is 0.862 bits per heavy atom. The minimum atomic E-state index is 0.523. The summed E-state index contributed by atoms with van der Waals surface area (Å²) in [6.07, 6.45) is 0. The molecular weight excluding hydrogens is 401 g/mol. The maximum absolute atomic E-state index is 6.33. The Kier molecular flexibility index (Phi) is 5.94. The molecule has 4 heteroatoms. The molecule has 0 saturated carbocycles. The molecule has 4 aromatic rings. The summed E-state index contributed by atoms with van der Waals surface area (Å²) in [7, 11) is 0. The molecule has 29 heavy (non-hydrogen) atoms. The van der Waals surface area contributed by atoms with Crippen molar-refractivity contribution < 1.29 is 4.74 Å². The van der Waals surface area contributed by atoms with Crippen LogP contribution in [0.15, 0.2) is 78.9 Å². The quantitative estimate of drug-likeness (QED) is 0.345. The molecule has 0 saturated heterocycles. The summed E-state index contributed by atoms with van der Waals surface area (Å²) in [4.78, 5) is 0. The molecule has 146 valence electrons. The lowest BCUT2D eigenvalue weighted by Gasteiger charge is -2.16. The molecule has 4 rings (SSSR count). The standard InChI is InChI=1S/C25H21Cl2NO/c1-17-5-4-6-18(13-17)16-29-25-12-9-19-7-2-3-8-21(19)22(25)15-28-24-11-10-20(26)14-23(24)27/h2-14,28H,15-16H2,1H3. The molecule has 0 spiro atoms. The highest BCUT2D eigenvalue weighted by Gasteiger charge is 2.11. The second-order valence-electron chi connectivity index (χ2n) is 7.02. The Bertz CT molecular complexity index is 1160. The SMILES string of the molecule is Cc1cccc(COc2ccc3ccccc3c2CNc2ccc(Cl)cc2Cl)c1. The zero-order valence-corrected chi connectivity index (χ0v) is 17.6. The number of benzene rings is 4. The van der Waals surface area contributed by atoms with E-state index in [1.807, 2.05) is 30.3 Å². The first-order chi connectivity index (χ1) is 14.1. The van der Waals surface area contributed by atoms with Gasteiger partial charge in [-0.1, -0.05) is 83.4 Å². The van der Waals surface area contributed by atoms with Gasteiger partial charge in [-0.2, -0.15) is 0 Å². The molecule has 0 aliphatic rings. The highest BCUT2D eigenvalue weighted by atomic mass is 35.5. The van der Waals surface area contributed by atoms with E-state index in [9.17, 15) is 0 Å². The van der Waals surface area contributed by atoms with Crippen molar-refractivity contribution in [2.75, 3.05) is 5.32 Å². The smallest absolute Gasteiger partial charge is 0.125 e. The molecule has 0 heterocycles. The van der Waals surface area contributed by atoms with Crippen molar-refractivity contribution in [3.05, 3.63) is 106 Å². The Morgan fingerprint density at radius 2 is 1.72 bits per heavy atom. The first-order valence-electron chi connectivity index (χ1n) is 9.48. The van der Waals surface area contributed by atoms with Gasteiger partial charge in [0, 0.05) is 17.1 Å². The fourth-order valence-corrected chi connectivity index (χ4v) is 3.89. The lowest BCUT2D eigenvalue weighted by Crippen LogP contribution is -2.05. The Labute approximate surface area is 181 Å². The summed E-state index contributed by atoms with van der Waals surface area (Å²) in [5, 5.41) is 6.98. The van der Waals surface area contributed by atoms with Crippen molar-refractivity contribution in [1.82, 2.24) is 0 Å². The topological polar surface area (TPSA) is 21.3 Å². The maximum atomic E-state index is 6.33. The van der Waals surface area contributed by atoms with Crippen LogP contribution in [0.1, 0.15) is 16.7 Å². The minimum absolute atomic E-state index is 0.523. The van der Waals surface area contributed by atoms with E-state index in [2.05, 4.69) is 54.7 Å². The van der Waals surface area contributed by atoms with Gasteiger partial charge in [0.2, 0.25) is 0 Å². The molecule has 0 radical (unpaired) electrons. The van der Waals surface area contributed by atoms with Crippen molar-refractivity contribution in [3.63, 3.8) is 0 Å². The fourth-order valence-electron chi connectivity index (χ4n) is 3.41. The van der Waals surface area contributed by atoms with Gasteiger partial charge in [-0.25, -0.2) is 0 Å². The zero-order chi connectivity index (χ0) is 20.2. The van der Waals surface area contributed by atoms with Gasteiger partial charge >= 0.3 is 0 Å². The van der Waals surface area contributed by atoms with Crippen LogP contribution in [0.2, 0.25) is 10.0 Å². The van der Waals surface area contributed by atoms with E-state index in [1.165, 1.54) is 10.9 Å². The summed E-state index contributed by atoms with van der Waals surface area (Å²) in [5.41, 5.74) is 4.32. The van der Waals surface area contributed by atoms with Gasteiger partial charge in [0.05, 0.1) is 10.7 Å². The highest BCUT2D eigenvalue weighted by Crippen LogP contribution is 2.31. The minimum Gasteiger partial charge on any atom is -0.489 e. The molecule has 4 aromatic carbocycles. The summed E-state index contributed by atoms with van der Waals surface area (Å²) < 4.78 is 6.23. The van der Waals surface area contributed by atoms with Gasteiger partial charge in [-0.3, -0.25) is 0 Å². The lowest BCUT2D eigenvalue weighted by molar-refractivity contribution is 0.304. The van der Waals surface area contributed by atoms with Gasteiger partial charge in [-0.15, -0.1) is 0 Å². The number of aryl methyl sites for hydroxylation is 1. The van der Waals surface area contributed by atoms with Crippen LogP contribution >= 0.6 is 23.2 Å². The Hall–Kier alpha value is -2.68. The number of nitrogens with one attached hydrogen (secondary N) is 1. The van der Waals surface area contributed by atoms with E-state index < -0.39 is 0 Å². The monoisotopic (exact) mass is 421 g/mol. The molecule has 0 aliphatic heterocycles. The normalized spacial score (nSPS) is 10.9. The number of halogens is 2. The van der Waals surface area contributed by atoms with E-state index in [0.717, 1.165) is 28.0 Å². The lowest BCUT2D eigenvalue weighted by atomic mass is 10.0. The molecule has 0 amide bonds. The molecule has 1 N–H and O–H groups in total. The van der Waals surface area contributed by atoms with Crippen LogP contribution in [-0.2, 0) is 13.2 Å². The summed E-state index contributed by atoms with van der Waals surface area (Å²) in [5.74, 6) is 0.864. The third-order valence-corrected chi connectivity index (χ3v) is 5.41. The summed E-state index contributed by atoms with van der Waals surface area (Å²) in [6, 6.07) is 26.3. The Balaban J connectivity index is 1.63. The van der Waals surface area contributed by atoms with Crippen molar-refractivity contribution in [2.24, 2.45) is 0 Å². The first-order valence-corrected chi connectivity index (χ1v) is 10.2. The van der Waals surface area contributed by atoms with Crippen LogP contribution in [0.25, 0.3) is 10.8 Å². The summed E-state index contributed by atoms with van der Waals surface area (Å²) >= 11 is 12.3. The molecular formula is C25H21Cl2NO. The number of fused-ring (bicyclic) bond motifs is 1. The van der Waals surface area contributed by atoms with Gasteiger partial charge in [0.15, 0.2) is 0 Å². The first kappa shape index (κ1) is 19.6. The van der Waals surface area contributed by atoms with E-state index in [1.54, 1.807) is 6.07 Å². The van der Waals surface area contributed by atoms with Crippen molar-refractivity contribution >= 4 is 39.7 Å². The Morgan fingerprint density at radius 3 is 2.55 bits per heavy atom. The molecule has 0 atom stereocenters. The van der Waals surface area contributed by atoms with Gasteiger partial charge in [0.1, 0.15) is 12.4 Å². The van der Waals surface area contributed by atoms with Crippen molar-refractivity contribution in [3.8, 4) is 5.75 Å². The highest BCUT2D eigenvalue weighted by molar-refractivity contribution is 6.36. The molecule has 0 bridgehead atoms. The molecule has 0 aromatic heterocycles. The predicted octanol–water partition coefficient (Wildman–Crippen LogP) is 7.65. The van der Waals surface area contributed by atoms with Crippen molar-refractivity contribution in [1.29, 1.82) is 0 Å². The number of anilines is 1.